The van der Waals surface area contributed by atoms with Crippen LogP contribution in [0.3, 0.4) is 0 Å². The first kappa shape index (κ1) is 15.6. The second-order valence-electron chi connectivity index (χ2n) is 3.15. The van der Waals surface area contributed by atoms with E-state index >= 15 is 0 Å². The lowest BCUT2D eigenvalue weighted by atomic mass is 10.1. The van der Waals surface area contributed by atoms with Gasteiger partial charge in [0.2, 0.25) is 0 Å². The Labute approximate surface area is 80.5 Å². The third-order valence-corrected chi connectivity index (χ3v) is 3.66. The van der Waals surface area contributed by atoms with E-state index in [2.05, 4.69) is 6.92 Å². The van der Waals surface area contributed by atoms with E-state index in [1.165, 1.54) is 0 Å². The van der Waals surface area contributed by atoms with Gasteiger partial charge in [0.05, 0.1) is 5.66 Å². The van der Waals surface area contributed by atoms with Gasteiger partial charge < -0.3 is 15.9 Å². The summed E-state index contributed by atoms with van der Waals surface area (Å²) in [4.78, 5) is 17.8. The van der Waals surface area contributed by atoms with Gasteiger partial charge in [-0.25, -0.2) is 0 Å². The lowest BCUT2D eigenvalue weighted by Gasteiger charge is -2.15. The average molecular weight is 211 g/mol. The van der Waals surface area contributed by atoms with Gasteiger partial charge in [0.1, 0.15) is 0 Å². The first-order chi connectivity index (χ1) is 5.52. The van der Waals surface area contributed by atoms with Gasteiger partial charge >= 0.3 is 7.60 Å². The van der Waals surface area contributed by atoms with Crippen LogP contribution in [0, 0.1) is 0 Å². The topological polar surface area (TPSA) is 92.5 Å². The van der Waals surface area contributed by atoms with Crippen molar-refractivity contribution in [1.29, 1.82) is 0 Å². The molecule has 0 fully saturated rings. The van der Waals surface area contributed by atoms with Crippen molar-refractivity contribution in [3.8, 4) is 0 Å². The van der Waals surface area contributed by atoms with Crippen molar-refractivity contribution in [3.05, 3.63) is 0 Å². The average Bonchev–Trinajstić information content (AvgIpc) is 1.95. The monoisotopic (exact) mass is 211 g/mol. The summed E-state index contributed by atoms with van der Waals surface area (Å²) in [5.41, 5.74) is -0.413. The minimum Gasteiger partial charge on any atom is -0.344 e. The predicted octanol–water partition coefficient (Wildman–Crippen LogP) is 2.69. The first-order valence-corrected chi connectivity index (χ1v) is 6.25. The largest absolute Gasteiger partial charge is 0.344 e. The molecule has 0 aliphatic carbocycles. The molecule has 5 N–H and O–H groups in total. The van der Waals surface area contributed by atoms with E-state index in [-0.39, 0.29) is 6.15 Å². The molecule has 0 amide bonds. The van der Waals surface area contributed by atoms with Crippen molar-refractivity contribution >= 4 is 7.60 Å². The molecule has 0 aromatic rings. The summed E-state index contributed by atoms with van der Waals surface area (Å²) >= 11 is 0. The van der Waals surface area contributed by atoms with E-state index in [1.807, 2.05) is 6.92 Å². The molecule has 13 heavy (non-hydrogen) atoms. The summed E-state index contributed by atoms with van der Waals surface area (Å²) < 4.78 is 10.9. The smallest absolute Gasteiger partial charge is 0.328 e. The molecule has 5 heteroatoms. The maximum absolute atomic E-state index is 10.9. The molecular weight excluding hydrogens is 189 g/mol. The van der Waals surface area contributed by atoms with Gasteiger partial charge in [0.15, 0.2) is 0 Å². The zero-order valence-corrected chi connectivity index (χ0v) is 9.46. The number of hydrogen-bond donors (Lipinski definition) is 3. The van der Waals surface area contributed by atoms with Crippen LogP contribution in [0.2, 0.25) is 0 Å². The molecule has 0 saturated carbocycles. The zero-order chi connectivity index (χ0) is 9.61. The lowest BCUT2D eigenvalue weighted by molar-refractivity contribution is 0.350. The minimum absolute atomic E-state index is 0. The highest BCUT2D eigenvalue weighted by Crippen LogP contribution is 2.45. The summed E-state index contributed by atoms with van der Waals surface area (Å²) in [6, 6.07) is 0. The molecule has 1 unspecified atom stereocenters. The Morgan fingerprint density at radius 1 is 1.23 bits per heavy atom. The third-order valence-electron chi connectivity index (χ3n) is 2.09. The summed E-state index contributed by atoms with van der Waals surface area (Å²) in [5.74, 6) is 0. The highest BCUT2D eigenvalue weighted by molar-refractivity contribution is 7.52. The Bertz CT molecular complexity index is 157. The van der Waals surface area contributed by atoms with Crippen LogP contribution >= 0.6 is 7.60 Å². The van der Waals surface area contributed by atoms with Gasteiger partial charge in [-0.15, -0.1) is 0 Å². The predicted molar refractivity (Wildman–Crippen MR) is 55.3 cm³/mol. The van der Waals surface area contributed by atoms with Crippen LogP contribution in [0.25, 0.3) is 0 Å². The number of unbranched alkanes of at least 4 members (excludes halogenated alkanes) is 2. The number of hydrogen-bond acceptors (Lipinski definition) is 2. The third kappa shape index (κ3) is 7.20. The Balaban J connectivity index is 0. The van der Waals surface area contributed by atoms with Gasteiger partial charge in [-0.1, -0.05) is 33.1 Å². The summed E-state index contributed by atoms with van der Waals surface area (Å²) in [6.45, 7) is 3.91. The summed E-state index contributed by atoms with van der Waals surface area (Å²) in [7, 11) is -3.82. The van der Waals surface area contributed by atoms with Crippen molar-refractivity contribution in [2.24, 2.45) is 0 Å². The molecule has 0 radical (unpaired) electrons. The van der Waals surface area contributed by atoms with E-state index in [0.717, 1.165) is 19.3 Å². The SMILES string of the molecule is CCCCCC(CC)P(=O)(O)O.N. The molecule has 0 aromatic heterocycles. The molecule has 0 aliphatic rings. The van der Waals surface area contributed by atoms with E-state index in [1.54, 1.807) is 0 Å². The van der Waals surface area contributed by atoms with Gasteiger partial charge in [-0.2, -0.15) is 0 Å². The quantitative estimate of drug-likeness (QED) is 0.465. The highest BCUT2D eigenvalue weighted by atomic mass is 31.2. The molecule has 0 saturated heterocycles. The zero-order valence-electron chi connectivity index (χ0n) is 8.57. The van der Waals surface area contributed by atoms with Crippen LogP contribution in [0.1, 0.15) is 46.0 Å². The fourth-order valence-corrected chi connectivity index (χ4v) is 2.23. The summed E-state index contributed by atoms with van der Waals surface area (Å²) in [5, 5.41) is 0. The van der Waals surface area contributed by atoms with E-state index in [4.69, 9.17) is 9.79 Å². The second kappa shape index (κ2) is 7.51. The summed E-state index contributed by atoms with van der Waals surface area (Å²) in [6.07, 6.45) is 4.33. The van der Waals surface area contributed by atoms with Crippen molar-refractivity contribution in [2.75, 3.05) is 0 Å². The Morgan fingerprint density at radius 2 is 1.77 bits per heavy atom. The van der Waals surface area contributed by atoms with E-state index in [9.17, 15) is 4.57 Å². The maximum Gasteiger partial charge on any atom is 0.328 e. The molecule has 1 atom stereocenters. The molecule has 0 rings (SSSR count). The standard InChI is InChI=1S/C8H19O3P.H3N/c1-3-5-6-7-8(4-2)12(9,10)11;/h8H,3-7H2,1-2H3,(H2,9,10,11);1H3. The van der Waals surface area contributed by atoms with Crippen molar-refractivity contribution < 1.29 is 14.4 Å². The fourth-order valence-electron chi connectivity index (χ4n) is 1.24. The van der Waals surface area contributed by atoms with Crippen LogP contribution in [-0.4, -0.2) is 15.4 Å². The van der Waals surface area contributed by atoms with Crippen molar-refractivity contribution in [2.45, 2.75) is 51.6 Å². The molecule has 4 nitrogen and oxygen atoms in total. The molecule has 82 valence electrons. The Kier molecular flexibility index (Phi) is 9.00. The van der Waals surface area contributed by atoms with Gasteiger partial charge in [0.25, 0.3) is 0 Å². The van der Waals surface area contributed by atoms with Crippen LogP contribution < -0.4 is 6.15 Å². The fraction of sp³-hybridized carbons (Fsp3) is 1.00. The van der Waals surface area contributed by atoms with E-state index < -0.39 is 13.3 Å². The van der Waals surface area contributed by atoms with Crippen LogP contribution in [-0.2, 0) is 4.57 Å². The maximum atomic E-state index is 10.9. The lowest BCUT2D eigenvalue weighted by Crippen LogP contribution is -2.06. The minimum atomic E-state index is -3.82. The number of rotatable bonds is 6. The van der Waals surface area contributed by atoms with Crippen molar-refractivity contribution in [3.63, 3.8) is 0 Å². The van der Waals surface area contributed by atoms with Crippen LogP contribution in [0.15, 0.2) is 0 Å². The van der Waals surface area contributed by atoms with Crippen molar-refractivity contribution in [1.82, 2.24) is 6.15 Å². The van der Waals surface area contributed by atoms with E-state index in [0.29, 0.717) is 12.8 Å². The molecule has 0 heterocycles. The normalized spacial score (nSPS) is 13.5. The highest BCUT2D eigenvalue weighted by Gasteiger charge is 2.25. The van der Waals surface area contributed by atoms with Crippen LogP contribution in [0.5, 0.6) is 0 Å². The Hall–Kier alpha value is 0.110. The molecule has 0 spiro atoms. The molecule has 0 aromatic carbocycles. The second-order valence-corrected chi connectivity index (χ2v) is 5.06. The van der Waals surface area contributed by atoms with Gasteiger partial charge in [0, 0.05) is 0 Å². The van der Waals surface area contributed by atoms with Crippen LogP contribution in [0.4, 0.5) is 0 Å². The molecular formula is C8H22NO3P. The van der Waals surface area contributed by atoms with Gasteiger partial charge in [-0.05, 0) is 12.8 Å². The molecule has 0 aliphatic heterocycles. The first-order valence-electron chi connectivity index (χ1n) is 4.57. The molecule has 0 bridgehead atoms. The van der Waals surface area contributed by atoms with Gasteiger partial charge in [-0.3, -0.25) is 4.57 Å². The Morgan fingerprint density at radius 3 is 2.08 bits per heavy atom.